The number of nitrogens with zero attached hydrogens (tertiary/aromatic N) is 4. The molecule has 0 aliphatic rings. The number of benzene rings is 1. The number of hydrogen-bond donors (Lipinski definition) is 0. The van der Waals surface area contributed by atoms with Crippen molar-refractivity contribution >= 4 is 23.1 Å². The average molecular weight is 277 g/mol. The average Bonchev–Trinajstić information content (AvgIpc) is 3.01. The van der Waals surface area contributed by atoms with Gasteiger partial charge in [0.05, 0.1) is 6.54 Å². The molecule has 0 fully saturated rings. The predicted octanol–water partition coefficient (Wildman–Crippen LogP) is 3.10. The van der Waals surface area contributed by atoms with Crippen molar-refractivity contribution in [2.45, 2.75) is 6.54 Å². The molecule has 0 amide bonds. The van der Waals surface area contributed by atoms with Crippen molar-refractivity contribution in [3.05, 3.63) is 52.8 Å². The van der Waals surface area contributed by atoms with Crippen LogP contribution in [0.2, 0.25) is 4.34 Å². The molecule has 0 unspecified atom stereocenters. The lowest BCUT2D eigenvalue weighted by Gasteiger charge is -2.05. The SMILES string of the molecule is Clc1snnc1Cn1ccnc1-c1ccccc1. The van der Waals surface area contributed by atoms with Crippen LogP contribution in [0.5, 0.6) is 0 Å². The van der Waals surface area contributed by atoms with Gasteiger partial charge in [-0.2, -0.15) is 0 Å². The highest BCUT2D eigenvalue weighted by Crippen LogP contribution is 2.22. The summed E-state index contributed by atoms with van der Waals surface area (Å²) in [7, 11) is 0. The first-order chi connectivity index (χ1) is 8.84. The molecule has 2 heterocycles. The van der Waals surface area contributed by atoms with Gasteiger partial charge in [0.15, 0.2) is 0 Å². The standard InChI is InChI=1S/C12H9ClN4S/c13-11-10(15-16-18-11)8-17-7-6-14-12(17)9-4-2-1-3-5-9/h1-7H,8H2. The monoisotopic (exact) mass is 276 g/mol. The Morgan fingerprint density at radius 3 is 2.78 bits per heavy atom. The zero-order valence-corrected chi connectivity index (χ0v) is 10.9. The summed E-state index contributed by atoms with van der Waals surface area (Å²) in [6.45, 7) is 0.583. The smallest absolute Gasteiger partial charge is 0.140 e. The lowest BCUT2D eigenvalue weighted by atomic mass is 10.2. The van der Waals surface area contributed by atoms with Gasteiger partial charge in [0.25, 0.3) is 0 Å². The molecule has 4 nitrogen and oxygen atoms in total. The van der Waals surface area contributed by atoms with Crippen LogP contribution in [0.25, 0.3) is 11.4 Å². The molecule has 1 aromatic carbocycles. The molecule has 3 rings (SSSR count). The minimum absolute atomic E-state index is 0.583. The van der Waals surface area contributed by atoms with E-state index in [1.165, 1.54) is 11.5 Å². The third kappa shape index (κ3) is 2.14. The number of aromatic nitrogens is 4. The maximum absolute atomic E-state index is 6.01. The van der Waals surface area contributed by atoms with Crippen LogP contribution in [0, 0.1) is 0 Å². The summed E-state index contributed by atoms with van der Waals surface area (Å²) in [5, 5.41) is 4.01. The second kappa shape index (κ2) is 4.88. The van der Waals surface area contributed by atoms with Crippen molar-refractivity contribution in [2.24, 2.45) is 0 Å². The van der Waals surface area contributed by atoms with Gasteiger partial charge in [0.2, 0.25) is 0 Å². The van der Waals surface area contributed by atoms with Gasteiger partial charge < -0.3 is 4.57 Å². The predicted molar refractivity (Wildman–Crippen MR) is 71.7 cm³/mol. The molecular weight excluding hydrogens is 268 g/mol. The van der Waals surface area contributed by atoms with E-state index in [0.29, 0.717) is 10.9 Å². The summed E-state index contributed by atoms with van der Waals surface area (Å²) in [6.07, 6.45) is 3.69. The van der Waals surface area contributed by atoms with Gasteiger partial charge in [-0.15, -0.1) is 5.10 Å². The first-order valence-electron chi connectivity index (χ1n) is 5.38. The highest BCUT2D eigenvalue weighted by atomic mass is 35.5. The fourth-order valence-electron chi connectivity index (χ4n) is 1.74. The van der Waals surface area contributed by atoms with Gasteiger partial charge in [0, 0.05) is 29.5 Å². The van der Waals surface area contributed by atoms with E-state index >= 15 is 0 Å². The summed E-state index contributed by atoms with van der Waals surface area (Å²) in [5.41, 5.74) is 1.85. The maximum atomic E-state index is 6.01. The second-order valence-electron chi connectivity index (χ2n) is 3.74. The molecular formula is C12H9ClN4S. The van der Waals surface area contributed by atoms with E-state index in [4.69, 9.17) is 11.6 Å². The first kappa shape index (κ1) is 11.4. The molecule has 0 spiro atoms. The second-order valence-corrected chi connectivity index (χ2v) is 5.09. The summed E-state index contributed by atoms with van der Waals surface area (Å²) in [5.74, 6) is 0.902. The molecule has 90 valence electrons. The molecule has 0 N–H and O–H groups in total. The molecule has 2 aromatic heterocycles. The molecule has 0 atom stereocenters. The molecule has 0 radical (unpaired) electrons. The number of hydrogen-bond acceptors (Lipinski definition) is 4. The normalized spacial score (nSPS) is 10.7. The Labute approximate surface area is 113 Å². The lowest BCUT2D eigenvalue weighted by Crippen LogP contribution is -2.01. The Bertz CT molecular complexity index is 647. The van der Waals surface area contributed by atoms with E-state index in [9.17, 15) is 0 Å². The Hall–Kier alpha value is -1.72. The highest BCUT2D eigenvalue weighted by molar-refractivity contribution is 7.10. The van der Waals surface area contributed by atoms with Gasteiger partial charge in [-0.1, -0.05) is 46.4 Å². The topological polar surface area (TPSA) is 43.6 Å². The van der Waals surface area contributed by atoms with Crippen molar-refractivity contribution in [1.82, 2.24) is 19.1 Å². The van der Waals surface area contributed by atoms with Crippen molar-refractivity contribution in [3.63, 3.8) is 0 Å². The van der Waals surface area contributed by atoms with E-state index in [-0.39, 0.29) is 0 Å². The van der Waals surface area contributed by atoms with Gasteiger partial charge in [-0.05, 0) is 0 Å². The van der Waals surface area contributed by atoms with Crippen LogP contribution in [-0.2, 0) is 6.54 Å². The molecule has 0 bridgehead atoms. The highest BCUT2D eigenvalue weighted by Gasteiger charge is 2.10. The van der Waals surface area contributed by atoms with E-state index in [0.717, 1.165) is 17.1 Å². The molecule has 18 heavy (non-hydrogen) atoms. The van der Waals surface area contributed by atoms with E-state index in [1.54, 1.807) is 6.20 Å². The molecule has 6 heteroatoms. The molecule has 0 saturated carbocycles. The first-order valence-corrected chi connectivity index (χ1v) is 6.53. The fraction of sp³-hybridized carbons (Fsp3) is 0.0833. The minimum atomic E-state index is 0.583. The number of halogens is 1. The molecule has 0 saturated heterocycles. The Balaban J connectivity index is 1.95. The van der Waals surface area contributed by atoms with Crippen molar-refractivity contribution < 1.29 is 0 Å². The summed E-state index contributed by atoms with van der Waals surface area (Å²) in [6, 6.07) is 10.0. The largest absolute Gasteiger partial charge is 0.325 e. The van der Waals surface area contributed by atoms with Gasteiger partial charge in [-0.25, -0.2) is 4.98 Å². The van der Waals surface area contributed by atoms with E-state index in [1.807, 2.05) is 41.1 Å². The quantitative estimate of drug-likeness (QED) is 0.738. The maximum Gasteiger partial charge on any atom is 0.140 e. The van der Waals surface area contributed by atoms with Crippen molar-refractivity contribution in [3.8, 4) is 11.4 Å². The van der Waals surface area contributed by atoms with E-state index in [2.05, 4.69) is 14.6 Å². The molecule has 0 aliphatic carbocycles. The molecule has 3 aromatic rings. The van der Waals surface area contributed by atoms with Gasteiger partial charge >= 0.3 is 0 Å². The van der Waals surface area contributed by atoms with Crippen LogP contribution >= 0.6 is 23.1 Å². The summed E-state index contributed by atoms with van der Waals surface area (Å²) < 4.78 is 6.47. The summed E-state index contributed by atoms with van der Waals surface area (Å²) >= 11 is 7.21. The fourth-order valence-corrected chi connectivity index (χ4v) is 2.35. The van der Waals surface area contributed by atoms with Crippen LogP contribution in [0.1, 0.15) is 5.69 Å². The van der Waals surface area contributed by atoms with Gasteiger partial charge in [0.1, 0.15) is 15.9 Å². The third-order valence-electron chi connectivity index (χ3n) is 2.58. The number of imidazole rings is 1. The zero-order chi connectivity index (χ0) is 12.4. The van der Waals surface area contributed by atoms with E-state index < -0.39 is 0 Å². The van der Waals surface area contributed by atoms with Crippen LogP contribution in [-0.4, -0.2) is 19.1 Å². The Morgan fingerprint density at radius 1 is 1.22 bits per heavy atom. The van der Waals surface area contributed by atoms with Crippen LogP contribution in [0.4, 0.5) is 0 Å². The lowest BCUT2D eigenvalue weighted by molar-refractivity contribution is 0.776. The zero-order valence-electron chi connectivity index (χ0n) is 9.32. The van der Waals surface area contributed by atoms with Crippen molar-refractivity contribution in [1.29, 1.82) is 0 Å². The third-order valence-corrected chi connectivity index (χ3v) is 3.56. The molecule has 0 aliphatic heterocycles. The minimum Gasteiger partial charge on any atom is -0.325 e. The van der Waals surface area contributed by atoms with Gasteiger partial charge in [-0.3, -0.25) is 0 Å². The van der Waals surface area contributed by atoms with Crippen LogP contribution in [0.3, 0.4) is 0 Å². The van der Waals surface area contributed by atoms with Crippen molar-refractivity contribution in [2.75, 3.05) is 0 Å². The van der Waals surface area contributed by atoms with Crippen LogP contribution in [0.15, 0.2) is 42.7 Å². The summed E-state index contributed by atoms with van der Waals surface area (Å²) in [4.78, 5) is 4.37. The number of rotatable bonds is 3. The Kier molecular flexibility index (Phi) is 3.08. The van der Waals surface area contributed by atoms with Crippen LogP contribution < -0.4 is 0 Å². The Morgan fingerprint density at radius 2 is 2.06 bits per heavy atom.